The number of nitrogens with one attached hydrogen (secondary N) is 1. The second-order valence-corrected chi connectivity index (χ2v) is 4.56. The lowest BCUT2D eigenvalue weighted by Gasteiger charge is -2.27. The summed E-state index contributed by atoms with van der Waals surface area (Å²) in [5, 5.41) is 0. The van der Waals surface area contributed by atoms with Crippen LogP contribution in [0.5, 0.6) is 0 Å². The Labute approximate surface area is 84.8 Å². The minimum Gasteiger partial charge on any atom is -0.293 e. The van der Waals surface area contributed by atoms with Crippen molar-refractivity contribution in [3.05, 3.63) is 0 Å². The second-order valence-electron chi connectivity index (χ2n) is 4.56. The van der Waals surface area contributed by atoms with Gasteiger partial charge in [0.1, 0.15) is 0 Å². The first-order valence-electron chi connectivity index (χ1n) is 5.48. The van der Waals surface area contributed by atoms with Crippen LogP contribution in [-0.2, 0) is 4.79 Å². The van der Waals surface area contributed by atoms with Gasteiger partial charge in [-0.25, -0.2) is 5.84 Å². The molecule has 0 aliphatic heterocycles. The van der Waals surface area contributed by atoms with Crippen molar-refractivity contribution in [1.82, 2.24) is 10.3 Å². The van der Waals surface area contributed by atoms with Crippen LogP contribution < -0.4 is 11.3 Å². The molecule has 2 aliphatic rings. The maximum Gasteiger partial charge on any atom is 0.250 e. The van der Waals surface area contributed by atoms with Gasteiger partial charge in [0.2, 0.25) is 0 Å². The van der Waals surface area contributed by atoms with E-state index in [4.69, 9.17) is 5.84 Å². The molecule has 0 aromatic heterocycles. The fraction of sp³-hybridized carbons (Fsp3) is 0.900. The van der Waals surface area contributed by atoms with Gasteiger partial charge in [0.15, 0.2) is 0 Å². The number of rotatable bonds is 5. The monoisotopic (exact) mass is 197 g/mol. The summed E-state index contributed by atoms with van der Waals surface area (Å²) < 4.78 is 0. The third-order valence-electron chi connectivity index (χ3n) is 3.20. The summed E-state index contributed by atoms with van der Waals surface area (Å²) >= 11 is 0. The lowest BCUT2D eigenvalue weighted by molar-refractivity contribution is -0.126. The van der Waals surface area contributed by atoms with Gasteiger partial charge >= 0.3 is 0 Å². The first-order chi connectivity index (χ1) is 6.72. The Hall–Kier alpha value is -0.610. The molecule has 0 bridgehead atoms. The number of amides is 1. The van der Waals surface area contributed by atoms with Gasteiger partial charge in [-0.2, -0.15) is 0 Å². The van der Waals surface area contributed by atoms with Crippen LogP contribution in [0.15, 0.2) is 0 Å². The molecule has 3 N–H and O–H groups in total. The van der Waals surface area contributed by atoms with E-state index in [0.29, 0.717) is 6.04 Å². The molecule has 4 nitrogen and oxygen atoms in total. The van der Waals surface area contributed by atoms with Crippen molar-refractivity contribution >= 4 is 5.91 Å². The summed E-state index contributed by atoms with van der Waals surface area (Å²) in [6.45, 7) is 3.03. The van der Waals surface area contributed by atoms with Crippen molar-refractivity contribution in [2.24, 2.45) is 11.8 Å². The van der Waals surface area contributed by atoms with Crippen LogP contribution in [0.2, 0.25) is 0 Å². The van der Waals surface area contributed by atoms with E-state index < -0.39 is 0 Å². The predicted octanol–water partition coefficient (Wildman–Crippen LogP) is 0.239. The molecule has 0 spiro atoms. The van der Waals surface area contributed by atoms with Crippen molar-refractivity contribution in [1.29, 1.82) is 0 Å². The lowest BCUT2D eigenvalue weighted by Crippen LogP contribution is -2.49. The van der Waals surface area contributed by atoms with E-state index in [1.54, 1.807) is 0 Å². The van der Waals surface area contributed by atoms with Crippen molar-refractivity contribution in [3.8, 4) is 0 Å². The van der Waals surface area contributed by atoms with E-state index in [1.807, 2.05) is 6.92 Å². The van der Waals surface area contributed by atoms with Crippen molar-refractivity contribution in [2.75, 3.05) is 6.54 Å². The van der Waals surface area contributed by atoms with E-state index in [2.05, 4.69) is 10.3 Å². The SMILES string of the molecule is CC(C(=O)NN)N(CC1CC1)C1CC1. The standard InChI is InChI=1S/C10H19N3O/c1-7(10(14)12-11)13(9-4-5-9)6-8-2-3-8/h7-9H,2-6,11H2,1H3,(H,12,14). The smallest absolute Gasteiger partial charge is 0.250 e. The Morgan fingerprint density at radius 3 is 2.57 bits per heavy atom. The highest BCUT2D eigenvalue weighted by Gasteiger charge is 2.37. The molecule has 1 atom stereocenters. The minimum atomic E-state index is -0.0619. The average molecular weight is 197 g/mol. The predicted molar refractivity (Wildman–Crippen MR) is 54.2 cm³/mol. The fourth-order valence-corrected chi connectivity index (χ4v) is 1.90. The highest BCUT2D eigenvalue weighted by atomic mass is 16.2. The van der Waals surface area contributed by atoms with Gasteiger partial charge < -0.3 is 0 Å². The molecule has 1 unspecified atom stereocenters. The summed E-state index contributed by atoms with van der Waals surface area (Å²) in [4.78, 5) is 13.7. The third-order valence-corrected chi connectivity index (χ3v) is 3.20. The molecule has 0 saturated heterocycles. The van der Waals surface area contributed by atoms with Gasteiger partial charge in [0, 0.05) is 12.6 Å². The number of nitrogens with two attached hydrogens (primary N) is 1. The zero-order valence-electron chi connectivity index (χ0n) is 8.70. The number of nitrogens with zero attached hydrogens (tertiary/aromatic N) is 1. The number of hydrogen-bond acceptors (Lipinski definition) is 3. The van der Waals surface area contributed by atoms with Crippen LogP contribution in [0.25, 0.3) is 0 Å². The van der Waals surface area contributed by atoms with Gasteiger partial charge in [0.25, 0.3) is 5.91 Å². The van der Waals surface area contributed by atoms with E-state index in [0.717, 1.165) is 12.5 Å². The number of carbonyl (C=O) groups excluding carboxylic acids is 1. The molecule has 4 heteroatoms. The first kappa shape index (κ1) is 9.93. The Bertz CT molecular complexity index is 223. The van der Waals surface area contributed by atoms with Gasteiger partial charge in [-0.3, -0.25) is 15.1 Å². The molecular formula is C10H19N3O. The first-order valence-corrected chi connectivity index (χ1v) is 5.48. The molecule has 80 valence electrons. The zero-order chi connectivity index (χ0) is 10.1. The molecule has 2 fully saturated rings. The largest absolute Gasteiger partial charge is 0.293 e. The highest BCUT2D eigenvalue weighted by Crippen LogP contribution is 2.35. The molecule has 14 heavy (non-hydrogen) atoms. The van der Waals surface area contributed by atoms with Crippen molar-refractivity contribution in [2.45, 2.75) is 44.7 Å². The molecule has 2 rings (SSSR count). The molecule has 0 aromatic rings. The third kappa shape index (κ3) is 2.25. The number of hydrogen-bond donors (Lipinski definition) is 2. The van der Waals surface area contributed by atoms with E-state index in [-0.39, 0.29) is 11.9 Å². The zero-order valence-corrected chi connectivity index (χ0v) is 8.70. The summed E-state index contributed by atoms with van der Waals surface area (Å²) in [6.07, 6.45) is 5.16. The maximum absolute atomic E-state index is 11.4. The van der Waals surface area contributed by atoms with Crippen LogP contribution in [0.1, 0.15) is 32.6 Å². The maximum atomic E-state index is 11.4. The Kier molecular flexibility index (Phi) is 2.74. The molecule has 1 amide bonds. The fourth-order valence-electron chi connectivity index (χ4n) is 1.90. The number of hydrazine groups is 1. The Morgan fingerprint density at radius 2 is 2.14 bits per heavy atom. The Morgan fingerprint density at radius 1 is 1.50 bits per heavy atom. The lowest BCUT2D eigenvalue weighted by atomic mass is 10.2. The molecule has 0 aromatic carbocycles. The quantitative estimate of drug-likeness (QED) is 0.377. The van der Waals surface area contributed by atoms with Crippen LogP contribution in [0.4, 0.5) is 0 Å². The number of carbonyl (C=O) groups is 1. The molecule has 0 radical (unpaired) electrons. The summed E-state index contributed by atoms with van der Waals surface area (Å²) in [5.41, 5.74) is 2.24. The van der Waals surface area contributed by atoms with Gasteiger partial charge in [0.05, 0.1) is 6.04 Å². The van der Waals surface area contributed by atoms with Crippen LogP contribution in [0, 0.1) is 5.92 Å². The topological polar surface area (TPSA) is 58.4 Å². The van der Waals surface area contributed by atoms with Crippen LogP contribution >= 0.6 is 0 Å². The highest BCUT2D eigenvalue weighted by molar-refractivity contribution is 5.80. The van der Waals surface area contributed by atoms with Gasteiger partial charge in [-0.05, 0) is 38.5 Å². The molecule has 2 aliphatic carbocycles. The summed E-state index contributed by atoms with van der Waals surface area (Å²) in [7, 11) is 0. The molecule has 0 heterocycles. The van der Waals surface area contributed by atoms with E-state index in [9.17, 15) is 4.79 Å². The molecular weight excluding hydrogens is 178 g/mol. The van der Waals surface area contributed by atoms with Crippen molar-refractivity contribution < 1.29 is 4.79 Å². The molecule has 2 saturated carbocycles. The van der Waals surface area contributed by atoms with Gasteiger partial charge in [-0.15, -0.1) is 0 Å². The van der Waals surface area contributed by atoms with Crippen LogP contribution in [0.3, 0.4) is 0 Å². The Balaban J connectivity index is 1.90. The van der Waals surface area contributed by atoms with Gasteiger partial charge in [-0.1, -0.05) is 0 Å². The van der Waals surface area contributed by atoms with Crippen molar-refractivity contribution in [3.63, 3.8) is 0 Å². The van der Waals surface area contributed by atoms with E-state index >= 15 is 0 Å². The normalized spacial score (nSPS) is 23.6. The summed E-state index contributed by atoms with van der Waals surface area (Å²) in [6, 6.07) is 0.580. The average Bonchev–Trinajstić information content (AvgIpc) is 3.02. The summed E-state index contributed by atoms with van der Waals surface area (Å²) in [5.74, 6) is 5.93. The second kappa shape index (κ2) is 3.87. The minimum absolute atomic E-state index is 0.0578. The van der Waals surface area contributed by atoms with E-state index in [1.165, 1.54) is 25.7 Å². The van der Waals surface area contributed by atoms with Crippen LogP contribution in [-0.4, -0.2) is 29.4 Å².